The van der Waals surface area contributed by atoms with Crippen LogP contribution >= 0.6 is 0 Å². The zero-order valence-corrected chi connectivity index (χ0v) is 9.57. The Morgan fingerprint density at radius 2 is 2.06 bits per heavy atom. The van der Waals surface area contributed by atoms with Gasteiger partial charge in [0.05, 0.1) is 0 Å². The summed E-state index contributed by atoms with van der Waals surface area (Å²) in [6.07, 6.45) is 0.922. The van der Waals surface area contributed by atoms with Crippen molar-refractivity contribution in [1.29, 1.82) is 0 Å². The van der Waals surface area contributed by atoms with Gasteiger partial charge in [-0.05, 0) is 37.0 Å². The van der Waals surface area contributed by atoms with E-state index in [1.165, 1.54) is 18.2 Å². The van der Waals surface area contributed by atoms with Gasteiger partial charge in [-0.3, -0.25) is 0 Å². The molecule has 0 amide bonds. The monoisotopic (exact) mass is 258 g/mol. The minimum absolute atomic E-state index is 0.313. The first-order valence-corrected chi connectivity index (χ1v) is 5.65. The first kappa shape index (κ1) is 13.0. The molecule has 0 aliphatic heterocycles. The van der Waals surface area contributed by atoms with E-state index in [2.05, 4.69) is 4.74 Å². The summed E-state index contributed by atoms with van der Waals surface area (Å²) in [6, 6.07) is 5.48. The summed E-state index contributed by atoms with van der Waals surface area (Å²) >= 11 is 0. The van der Waals surface area contributed by atoms with Gasteiger partial charge in [0.2, 0.25) is 0 Å². The molecule has 2 rings (SSSR count). The summed E-state index contributed by atoms with van der Waals surface area (Å²) in [7, 11) is 0. The largest absolute Gasteiger partial charge is 0.573 e. The van der Waals surface area contributed by atoms with Crippen molar-refractivity contribution < 1.29 is 23.0 Å². The molecule has 1 N–H and O–H groups in total. The molecule has 0 saturated carbocycles. The molecule has 1 unspecified atom stereocenters. The molecule has 5 heteroatoms. The highest BCUT2D eigenvalue weighted by molar-refractivity contribution is 5.35. The maximum absolute atomic E-state index is 12.1. The number of aliphatic hydroxyl groups is 1. The summed E-state index contributed by atoms with van der Waals surface area (Å²) in [4.78, 5) is 0. The van der Waals surface area contributed by atoms with Crippen molar-refractivity contribution in [3.8, 4) is 5.75 Å². The van der Waals surface area contributed by atoms with Crippen LogP contribution in [0.2, 0.25) is 0 Å². The molecule has 0 bridgehead atoms. The number of ether oxygens (including phenoxy) is 1. The molecule has 2 nitrogen and oxygen atoms in total. The average molecular weight is 258 g/mol. The molecule has 98 valence electrons. The van der Waals surface area contributed by atoms with Crippen molar-refractivity contribution in [3.63, 3.8) is 0 Å². The Labute approximate surface area is 103 Å². The van der Waals surface area contributed by atoms with E-state index in [1.807, 2.05) is 6.08 Å². The molecule has 0 radical (unpaired) electrons. The van der Waals surface area contributed by atoms with Gasteiger partial charge in [-0.1, -0.05) is 24.3 Å². The van der Waals surface area contributed by atoms with E-state index in [4.69, 9.17) is 0 Å². The summed E-state index contributed by atoms with van der Waals surface area (Å²) in [5, 5.41) is 10.3. The second-order valence-electron chi connectivity index (χ2n) is 4.29. The molecule has 0 saturated heterocycles. The summed E-state index contributed by atoms with van der Waals surface area (Å²) in [5.74, 6) is -0.313. The van der Waals surface area contributed by atoms with E-state index in [0.29, 0.717) is 12.0 Å². The van der Waals surface area contributed by atoms with Crippen LogP contribution in [0.1, 0.15) is 24.8 Å². The number of alkyl halides is 3. The van der Waals surface area contributed by atoms with Crippen LogP contribution in [0.4, 0.5) is 13.2 Å². The molecule has 0 fully saturated rings. The molecular weight excluding hydrogens is 245 g/mol. The average Bonchev–Trinajstić information content (AvgIpc) is 2.28. The third-order valence-electron chi connectivity index (χ3n) is 2.89. The highest BCUT2D eigenvalue weighted by Crippen LogP contribution is 2.34. The zero-order valence-electron chi connectivity index (χ0n) is 9.57. The lowest BCUT2D eigenvalue weighted by atomic mass is 9.85. The predicted molar refractivity (Wildman–Crippen MR) is 60.0 cm³/mol. The maximum atomic E-state index is 12.1. The molecular formula is C13H13F3O2. The lowest BCUT2D eigenvalue weighted by Gasteiger charge is -2.28. The molecule has 0 heterocycles. The number of benzene rings is 1. The Hall–Kier alpha value is -1.49. The summed E-state index contributed by atoms with van der Waals surface area (Å²) in [5.41, 5.74) is -0.774. The van der Waals surface area contributed by atoms with Crippen molar-refractivity contribution in [2.75, 3.05) is 0 Å². The van der Waals surface area contributed by atoms with Crippen molar-refractivity contribution >= 4 is 0 Å². The summed E-state index contributed by atoms with van der Waals surface area (Å²) < 4.78 is 40.2. The van der Waals surface area contributed by atoms with E-state index in [0.717, 1.165) is 12.8 Å². The summed E-state index contributed by atoms with van der Waals surface area (Å²) in [6.45, 7) is 0. The quantitative estimate of drug-likeness (QED) is 0.822. The van der Waals surface area contributed by atoms with Crippen LogP contribution < -0.4 is 4.74 Å². The minimum Gasteiger partial charge on any atom is -0.406 e. The number of allylic oxidation sites excluding steroid dienone is 1. The normalized spacial score (nSPS) is 24.0. The van der Waals surface area contributed by atoms with Crippen LogP contribution in [0.25, 0.3) is 0 Å². The van der Waals surface area contributed by atoms with Crippen molar-refractivity contribution in [1.82, 2.24) is 0 Å². The smallest absolute Gasteiger partial charge is 0.406 e. The number of hydrogen-bond acceptors (Lipinski definition) is 2. The molecule has 0 aromatic heterocycles. The molecule has 1 aromatic carbocycles. The van der Waals surface area contributed by atoms with Crippen LogP contribution in [0.5, 0.6) is 5.75 Å². The van der Waals surface area contributed by atoms with Crippen LogP contribution in [-0.4, -0.2) is 11.5 Å². The second kappa shape index (κ2) is 4.65. The Morgan fingerprint density at radius 3 is 2.67 bits per heavy atom. The van der Waals surface area contributed by atoms with Crippen LogP contribution in [-0.2, 0) is 5.60 Å². The molecule has 1 aliphatic rings. The van der Waals surface area contributed by atoms with Crippen molar-refractivity contribution in [2.45, 2.75) is 31.2 Å². The first-order valence-electron chi connectivity index (χ1n) is 5.65. The van der Waals surface area contributed by atoms with Gasteiger partial charge in [0, 0.05) is 0 Å². The van der Waals surface area contributed by atoms with Gasteiger partial charge in [0.25, 0.3) is 0 Å². The van der Waals surface area contributed by atoms with E-state index in [1.54, 1.807) is 12.1 Å². The van der Waals surface area contributed by atoms with E-state index < -0.39 is 12.0 Å². The van der Waals surface area contributed by atoms with Gasteiger partial charge in [0.15, 0.2) is 0 Å². The fourth-order valence-electron chi connectivity index (χ4n) is 2.05. The van der Waals surface area contributed by atoms with Crippen LogP contribution in [0.15, 0.2) is 36.4 Å². The first-order chi connectivity index (χ1) is 8.39. The van der Waals surface area contributed by atoms with Crippen molar-refractivity contribution in [3.05, 3.63) is 42.0 Å². The topological polar surface area (TPSA) is 29.5 Å². The molecule has 0 spiro atoms. The Bertz CT molecular complexity index is 454. The van der Waals surface area contributed by atoms with Crippen LogP contribution in [0, 0.1) is 0 Å². The van der Waals surface area contributed by atoms with Gasteiger partial charge in [-0.25, -0.2) is 0 Å². The molecule has 18 heavy (non-hydrogen) atoms. The lowest BCUT2D eigenvalue weighted by molar-refractivity contribution is -0.274. The van der Waals surface area contributed by atoms with Gasteiger partial charge in [0.1, 0.15) is 11.4 Å². The van der Waals surface area contributed by atoms with Gasteiger partial charge < -0.3 is 9.84 Å². The number of halogens is 3. The fraction of sp³-hybridized carbons (Fsp3) is 0.385. The number of rotatable bonds is 2. The Morgan fingerprint density at radius 1 is 1.28 bits per heavy atom. The third-order valence-corrected chi connectivity index (χ3v) is 2.89. The van der Waals surface area contributed by atoms with E-state index in [-0.39, 0.29) is 5.75 Å². The van der Waals surface area contributed by atoms with Gasteiger partial charge >= 0.3 is 6.36 Å². The molecule has 1 atom stereocenters. The van der Waals surface area contributed by atoms with Crippen LogP contribution in [0.3, 0.4) is 0 Å². The van der Waals surface area contributed by atoms with E-state index >= 15 is 0 Å². The number of hydrogen-bond donors (Lipinski definition) is 1. The van der Waals surface area contributed by atoms with E-state index in [9.17, 15) is 18.3 Å². The van der Waals surface area contributed by atoms with Crippen molar-refractivity contribution in [2.24, 2.45) is 0 Å². The molecule has 1 aromatic rings. The van der Waals surface area contributed by atoms with Gasteiger partial charge in [-0.2, -0.15) is 0 Å². The third kappa shape index (κ3) is 3.04. The fourth-order valence-corrected chi connectivity index (χ4v) is 2.05. The predicted octanol–water partition coefficient (Wildman–Crippen LogP) is 3.51. The highest BCUT2D eigenvalue weighted by atomic mass is 19.4. The standard InChI is InChI=1S/C13H13F3O2/c14-13(15,16)18-11-6-4-5-10(9-11)12(17)7-2-1-3-8-12/h2,4-7,9,17H,1,3,8H2. The Balaban J connectivity index is 2.27. The minimum atomic E-state index is -4.72. The SMILES string of the molecule is OC1(c2cccc(OC(F)(F)F)c2)C=CCCC1. The molecule has 1 aliphatic carbocycles. The lowest BCUT2D eigenvalue weighted by Crippen LogP contribution is -2.25. The maximum Gasteiger partial charge on any atom is 0.573 e. The Kier molecular flexibility index (Phi) is 3.34. The van der Waals surface area contributed by atoms with Gasteiger partial charge in [-0.15, -0.1) is 13.2 Å². The second-order valence-corrected chi connectivity index (χ2v) is 4.29. The highest BCUT2D eigenvalue weighted by Gasteiger charge is 2.32. The zero-order chi connectivity index (χ0) is 13.2.